The van der Waals surface area contributed by atoms with Crippen LogP contribution in [-0.4, -0.2) is 20.3 Å². The number of nitrogens with zero attached hydrogens (tertiary/aromatic N) is 2. The van der Waals surface area contributed by atoms with Gasteiger partial charge in [0.2, 0.25) is 0 Å². The lowest BCUT2D eigenvalue weighted by molar-refractivity contribution is 0.0991. The Morgan fingerprint density at radius 3 is 2.45 bits per heavy atom. The SMILES string of the molecule is CCCn1c(SC(C(=O)c2c[nH]c3ccccc23)c2ccccc2)nc2ccccc2c1=O. The van der Waals surface area contributed by atoms with Crippen LogP contribution in [0.3, 0.4) is 0 Å². The van der Waals surface area contributed by atoms with Crippen LogP contribution in [0.25, 0.3) is 21.8 Å². The van der Waals surface area contributed by atoms with Crippen LogP contribution < -0.4 is 5.56 Å². The van der Waals surface area contributed by atoms with E-state index < -0.39 is 5.25 Å². The summed E-state index contributed by atoms with van der Waals surface area (Å²) < 4.78 is 1.70. The summed E-state index contributed by atoms with van der Waals surface area (Å²) in [5, 5.41) is 1.50. The zero-order chi connectivity index (χ0) is 22.8. The predicted molar refractivity (Wildman–Crippen MR) is 134 cm³/mol. The van der Waals surface area contributed by atoms with Crippen molar-refractivity contribution in [1.82, 2.24) is 14.5 Å². The van der Waals surface area contributed by atoms with Crippen molar-refractivity contribution < 1.29 is 4.79 Å². The fraction of sp³-hybridized carbons (Fsp3) is 0.148. The molecular weight excluding hydrogens is 430 g/mol. The average Bonchev–Trinajstić information content (AvgIpc) is 3.29. The molecule has 0 aliphatic rings. The monoisotopic (exact) mass is 453 g/mol. The number of aromatic amines is 1. The molecule has 1 unspecified atom stereocenters. The minimum Gasteiger partial charge on any atom is -0.360 e. The summed E-state index contributed by atoms with van der Waals surface area (Å²) in [6.45, 7) is 2.57. The van der Waals surface area contributed by atoms with Crippen molar-refractivity contribution in [3.63, 3.8) is 0 Å². The van der Waals surface area contributed by atoms with Gasteiger partial charge >= 0.3 is 0 Å². The summed E-state index contributed by atoms with van der Waals surface area (Å²) in [6.07, 6.45) is 2.57. The lowest BCUT2D eigenvalue weighted by Gasteiger charge is -2.18. The number of hydrogen-bond acceptors (Lipinski definition) is 4. The molecule has 2 heterocycles. The van der Waals surface area contributed by atoms with Gasteiger partial charge in [0, 0.05) is 29.2 Å². The number of rotatable bonds is 7. The number of para-hydroxylation sites is 2. The number of hydrogen-bond donors (Lipinski definition) is 1. The molecule has 6 heteroatoms. The maximum absolute atomic E-state index is 13.9. The molecule has 0 amide bonds. The number of carbonyl (C=O) groups is 1. The van der Waals surface area contributed by atoms with Crippen LogP contribution in [0.5, 0.6) is 0 Å². The standard InChI is InChI=1S/C27H23N3O2S/c1-2-16-30-26(32)20-13-7-9-15-23(20)29-27(30)33-25(18-10-4-3-5-11-18)24(31)21-17-28-22-14-8-6-12-19(21)22/h3-15,17,25,28H,2,16H2,1H3. The van der Waals surface area contributed by atoms with Gasteiger partial charge in [-0.1, -0.05) is 79.3 Å². The van der Waals surface area contributed by atoms with Crippen molar-refractivity contribution in [2.75, 3.05) is 0 Å². The second kappa shape index (κ2) is 9.08. The van der Waals surface area contributed by atoms with Crippen molar-refractivity contribution in [3.8, 4) is 0 Å². The van der Waals surface area contributed by atoms with Gasteiger partial charge in [0.15, 0.2) is 10.9 Å². The van der Waals surface area contributed by atoms with E-state index in [0.29, 0.717) is 28.2 Å². The molecule has 0 aliphatic carbocycles. The first-order chi connectivity index (χ1) is 16.2. The predicted octanol–water partition coefficient (Wildman–Crippen LogP) is 6.00. The van der Waals surface area contributed by atoms with Gasteiger partial charge in [0.25, 0.3) is 5.56 Å². The van der Waals surface area contributed by atoms with Crippen molar-refractivity contribution in [2.24, 2.45) is 0 Å². The summed E-state index contributed by atoms with van der Waals surface area (Å²) >= 11 is 1.34. The molecule has 0 saturated heterocycles. The number of benzene rings is 3. The topological polar surface area (TPSA) is 67.8 Å². The molecule has 5 nitrogen and oxygen atoms in total. The Bertz CT molecular complexity index is 1500. The second-order valence-electron chi connectivity index (χ2n) is 7.89. The summed E-state index contributed by atoms with van der Waals surface area (Å²) in [6, 6.07) is 24.9. The van der Waals surface area contributed by atoms with Gasteiger partial charge in [-0.3, -0.25) is 14.2 Å². The Kier molecular flexibility index (Phi) is 5.84. The lowest BCUT2D eigenvalue weighted by Crippen LogP contribution is -2.24. The van der Waals surface area contributed by atoms with Crippen molar-refractivity contribution in [2.45, 2.75) is 30.3 Å². The molecule has 3 aromatic carbocycles. The van der Waals surface area contributed by atoms with Crippen LogP contribution in [0, 0.1) is 0 Å². The van der Waals surface area contributed by atoms with Crippen molar-refractivity contribution in [1.29, 1.82) is 0 Å². The van der Waals surface area contributed by atoms with Crippen LogP contribution >= 0.6 is 11.8 Å². The Balaban J connectivity index is 1.65. The second-order valence-corrected chi connectivity index (χ2v) is 8.96. The van der Waals surface area contributed by atoms with Crippen LogP contribution in [0.2, 0.25) is 0 Å². The number of carbonyl (C=O) groups excluding carboxylic acids is 1. The van der Waals surface area contributed by atoms with E-state index in [9.17, 15) is 9.59 Å². The maximum Gasteiger partial charge on any atom is 0.262 e. The van der Waals surface area contributed by atoms with Crippen molar-refractivity contribution in [3.05, 3.63) is 107 Å². The van der Waals surface area contributed by atoms with Crippen LogP contribution in [-0.2, 0) is 6.54 Å². The quantitative estimate of drug-likeness (QED) is 0.186. The third-order valence-electron chi connectivity index (χ3n) is 5.69. The maximum atomic E-state index is 13.9. The van der Waals surface area contributed by atoms with E-state index in [2.05, 4.69) is 4.98 Å². The molecule has 1 N–H and O–H groups in total. The van der Waals surface area contributed by atoms with Crippen LogP contribution in [0.15, 0.2) is 95.0 Å². The minimum atomic E-state index is -0.540. The fourth-order valence-corrected chi connectivity index (χ4v) is 5.27. The molecule has 0 bridgehead atoms. The third kappa shape index (κ3) is 3.98. The summed E-state index contributed by atoms with van der Waals surface area (Å²) in [5.74, 6) is -0.0193. The highest BCUT2D eigenvalue weighted by atomic mass is 32.2. The van der Waals surface area contributed by atoms with Gasteiger partial charge in [-0.2, -0.15) is 0 Å². The number of nitrogens with one attached hydrogen (secondary N) is 1. The zero-order valence-corrected chi connectivity index (χ0v) is 19.0. The zero-order valence-electron chi connectivity index (χ0n) is 18.2. The molecule has 33 heavy (non-hydrogen) atoms. The van der Waals surface area contributed by atoms with Crippen molar-refractivity contribution >= 4 is 39.4 Å². The van der Waals surface area contributed by atoms with Gasteiger partial charge < -0.3 is 4.98 Å². The van der Waals surface area contributed by atoms with Crippen LogP contribution in [0.4, 0.5) is 0 Å². The summed E-state index contributed by atoms with van der Waals surface area (Å²) in [4.78, 5) is 35.2. The van der Waals surface area contributed by atoms with E-state index in [1.54, 1.807) is 16.8 Å². The molecule has 0 spiro atoms. The number of fused-ring (bicyclic) bond motifs is 2. The highest BCUT2D eigenvalue weighted by molar-refractivity contribution is 8.00. The molecule has 0 saturated carbocycles. The van der Waals surface area contributed by atoms with E-state index >= 15 is 0 Å². The van der Waals surface area contributed by atoms with Gasteiger partial charge in [0.05, 0.1) is 10.9 Å². The summed E-state index contributed by atoms with van der Waals surface area (Å²) in [5.41, 5.74) is 3.00. The van der Waals surface area contributed by atoms with Gasteiger partial charge in [-0.05, 0) is 30.2 Å². The molecule has 0 radical (unpaired) electrons. The van der Waals surface area contributed by atoms with E-state index in [-0.39, 0.29) is 11.3 Å². The lowest BCUT2D eigenvalue weighted by atomic mass is 10.0. The smallest absolute Gasteiger partial charge is 0.262 e. The Morgan fingerprint density at radius 2 is 1.67 bits per heavy atom. The molecule has 5 aromatic rings. The van der Waals surface area contributed by atoms with Gasteiger partial charge in [-0.15, -0.1) is 0 Å². The molecule has 1 atom stereocenters. The van der Waals surface area contributed by atoms with Gasteiger partial charge in [-0.25, -0.2) is 4.98 Å². The molecule has 0 aliphatic heterocycles. The van der Waals surface area contributed by atoms with E-state index in [1.807, 2.05) is 79.7 Å². The highest BCUT2D eigenvalue weighted by Crippen LogP contribution is 2.38. The van der Waals surface area contributed by atoms with Gasteiger partial charge in [0.1, 0.15) is 5.25 Å². The molecule has 164 valence electrons. The van der Waals surface area contributed by atoms with E-state index in [1.165, 1.54) is 11.8 Å². The van der Waals surface area contributed by atoms with E-state index in [4.69, 9.17) is 4.98 Å². The molecule has 5 rings (SSSR count). The summed E-state index contributed by atoms with van der Waals surface area (Å²) in [7, 11) is 0. The Hall–Kier alpha value is -3.64. The fourth-order valence-electron chi connectivity index (χ4n) is 4.08. The Labute approximate surface area is 195 Å². The Morgan fingerprint density at radius 1 is 0.970 bits per heavy atom. The number of ketones is 1. The molecule has 2 aromatic heterocycles. The number of thioether (sulfide) groups is 1. The normalized spacial score (nSPS) is 12.3. The van der Waals surface area contributed by atoms with E-state index in [0.717, 1.165) is 22.9 Å². The van der Waals surface area contributed by atoms with Crippen LogP contribution in [0.1, 0.15) is 34.5 Å². The number of aromatic nitrogens is 3. The number of Topliss-reactive ketones (excluding diaryl/α,β-unsaturated/α-hetero) is 1. The third-order valence-corrected chi connectivity index (χ3v) is 6.94. The molecule has 0 fully saturated rings. The first kappa shape index (κ1) is 21.2. The largest absolute Gasteiger partial charge is 0.360 e. The first-order valence-corrected chi connectivity index (χ1v) is 11.9. The average molecular weight is 454 g/mol. The molecular formula is C27H23N3O2S. The minimum absolute atomic E-state index is 0.0193. The first-order valence-electron chi connectivity index (χ1n) is 11.0. The number of H-pyrrole nitrogens is 1. The highest BCUT2D eigenvalue weighted by Gasteiger charge is 2.27.